The van der Waals surface area contributed by atoms with Gasteiger partial charge in [-0.05, 0) is 53.6 Å². The molecule has 3 heterocycles. The van der Waals surface area contributed by atoms with Crippen LogP contribution in [0.2, 0.25) is 0 Å². The minimum atomic E-state index is 0.670. The first-order chi connectivity index (χ1) is 18.9. The first-order valence-corrected chi connectivity index (χ1v) is 12.8. The van der Waals surface area contributed by atoms with Crippen molar-refractivity contribution in [1.82, 2.24) is 19.1 Å². The van der Waals surface area contributed by atoms with Gasteiger partial charge in [0.15, 0.2) is 0 Å². The normalized spacial score (nSPS) is 11.7. The highest BCUT2D eigenvalue weighted by atomic mass is 15.2. The summed E-state index contributed by atoms with van der Waals surface area (Å²) in [5, 5.41) is 4.79. The predicted octanol–water partition coefficient (Wildman–Crippen LogP) is 8.34. The zero-order chi connectivity index (χ0) is 25.1. The summed E-state index contributed by atoms with van der Waals surface area (Å²) in [7, 11) is 0. The van der Waals surface area contributed by atoms with Gasteiger partial charge in [-0.3, -0.25) is 4.57 Å². The molecular weight excluding hydrogens is 464 g/mol. The summed E-state index contributed by atoms with van der Waals surface area (Å²) in [4.78, 5) is 9.40. The molecule has 0 unspecified atom stereocenters. The highest BCUT2D eigenvalue weighted by molar-refractivity contribution is 6.26. The second kappa shape index (κ2) is 8.15. The van der Waals surface area contributed by atoms with E-state index in [4.69, 9.17) is 9.97 Å². The van der Waals surface area contributed by atoms with Crippen molar-refractivity contribution in [3.05, 3.63) is 134 Å². The third-order valence-corrected chi connectivity index (χ3v) is 7.44. The van der Waals surface area contributed by atoms with Crippen LogP contribution in [0.3, 0.4) is 0 Å². The number of nitrogens with zero attached hydrogens (tertiary/aromatic N) is 4. The summed E-state index contributed by atoms with van der Waals surface area (Å²) in [6.07, 6.45) is 3.62. The lowest BCUT2D eigenvalue weighted by atomic mass is 10.0. The Morgan fingerprint density at radius 1 is 0.447 bits per heavy atom. The van der Waals surface area contributed by atoms with Crippen LogP contribution in [-0.2, 0) is 0 Å². The molecule has 38 heavy (non-hydrogen) atoms. The molecule has 0 N–H and O–H groups in total. The highest BCUT2D eigenvalue weighted by Crippen LogP contribution is 2.42. The number of aromatic nitrogens is 4. The Morgan fingerprint density at radius 3 is 1.95 bits per heavy atom. The van der Waals surface area contributed by atoms with Gasteiger partial charge in [0.2, 0.25) is 5.95 Å². The van der Waals surface area contributed by atoms with E-state index in [1.54, 1.807) is 0 Å². The molecule has 0 atom stereocenters. The fraction of sp³-hybridized carbons (Fsp3) is 0. The maximum atomic E-state index is 4.70. The zero-order valence-corrected chi connectivity index (χ0v) is 20.5. The van der Waals surface area contributed by atoms with Crippen LogP contribution in [-0.4, -0.2) is 19.1 Å². The molecule has 0 aliphatic carbocycles. The Hall–Kier alpha value is -5.22. The van der Waals surface area contributed by atoms with Crippen LogP contribution in [0.1, 0.15) is 0 Å². The predicted molar refractivity (Wildman–Crippen MR) is 156 cm³/mol. The number of fused-ring (bicyclic) bond motifs is 7. The van der Waals surface area contributed by atoms with Gasteiger partial charge in [-0.15, -0.1) is 0 Å². The van der Waals surface area contributed by atoms with Crippen molar-refractivity contribution in [3.63, 3.8) is 0 Å². The molecule has 0 fully saturated rings. The molecule has 0 aliphatic heterocycles. The summed E-state index contributed by atoms with van der Waals surface area (Å²) in [5.41, 5.74) is 8.09. The summed E-state index contributed by atoms with van der Waals surface area (Å²) in [6.45, 7) is 0. The molecule has 0 saturated carbocycles. The summed E-state index contributed by atoms with van der Waals surface area (Å²) in [5.74, 6) is 0.670. The first-order valence-electron chi connectivity index (χ1n) is 12.8. The van der Waals surface area contributed by atoms with E-state index in [0.717, 1.165) is 22.2 Å². The van der Waals surface area contributed by atoms with Crippen LogP contribution >= 0.6 is 0 Å². The number of benzene rings is 5. The van der Waals surface area contributed by atoms with Crippen molar-refractivity contribution in [3.8, 4) is 22.8 Å². The molecule has 3 aromatic heterocycles. The van der Waals surface area contributed by atoms with Crippen LogP contribution in [0.5, 0.6) is 0 Å². The molecule has 178 valence electrons. The van der Waals surface area contributed by atoms with Crippen molar-refractivity contribution in [2.75, 3.05) is 0 Å². The fourth-order valence-electron chi connectivity index (χ4n) is 5.84. The lowest BCUT2D eigenvalue weighted by Crippen LogP contribution is -2.00. The van der Waals surface area contributed by atoms with Crippen LogP contribution in [0.15, 0.2) is 134 Å². The van der Waals surface area contributed by atoms with E-state index in [-0.39, 0.29) is 0 Å². The molecule has 8 rings (SSSR count). The van der Waals surface area contributed by atoms with E-state index in [2.05, 4.69) is 124 Å². The quantitative estimate of drug-likeness (QED) is 0.252. The van der Waals surface area contributed by atoms with E-state index in [1.807, 2.05) is 18.5 Å². The Labute approximate surface area is 219 Å². The summed E-state index contributed by atoms with van der Waals surface area (Å²) in [6, 6.07) is 42.9. The summed E-state index contributed by atoms with van der Waals surface area (Å²) >= 11 is 0. The van der Waals surface area contributed by atoms with Gasteiger partial charge in [-0.25, -0.2) is 9.97 Å². The van der Waals surface area contributed by atoms with Gasteiger partial charge in [-0.1, -0.05) is 78.9 Å². The van der Waals surface area contributed by atoms with Crippen LogP contribution in [0, 0.1) is 0 Å². The van der Waals surface area contributed by atoms with Gasteiger partial charge in [0, 0.05) is 39.6 Å². The highest BCUT2D eigenvalue weighted by Gasteiger charge is 2.21. The van der Waals surface area contributed by atoms with Crippen molar-refractivity contribution in [1.29, 1.82) is 0 Å². The number of hydrogen-bond donors (Lipinski definition) is 0. The van der Waals surface area contributed by atoms with Crippen LogP contribution in [0.4, 0.5) is 0 Å². The Balaban J connectivity index is 1.58. The average molecular weight is 487 g/mol. The minimum absolute atomic E-state index is 0.670. The average Bonchev–Trinajstić information content (AvgIpc) is 3.51. The molecular formula is C34H22N4. The monoisotopic (exact) mass is 486 g/mol. The van der Waals surface area contributed by atoms with Crippen molar-refractivity contribution in [2.24, 2.45) is 0 Å². The van der Waals surface area contributed by atoms with Crippen LogP contribution in [0.25, 0.3) is 66.4 Å². The van der Waals surface area contributed by atoms with Gasteiger partial charge in [0.05, 0.1) is 22.1 Å². The molecule has 4 heteroatoms. The SMILES string of the molecule is c1ccc(-c2ccc3c(c2)c2ccc4c(c5ccccc5n4-c4ccccc4)c2n3-c2ncccn2)cc1. The minimum Gasteiger partial charge on any atom is -0.309 e. The van der Waals surface area contributed by atoms with Gasteiger partial charge >= 0.3 is 0 Å². The summed E-state index contributed by atoms with van der Waals surface area (Å²) < 4.78 is 4.58. The topological polar surface area (TPSA) is 35.6 Å². The van der Waals surface area contributed by atoms with Gasteiger partial charge in [-0.2, -0.15) is 0 Å². The van der Waals surface area contributed by atoms with Crippen molar-refractivity contribution < 1.29 is 0 Å². The van der Waals surface area contributed by atoms with E-state index in [1.165, 1.54) is 38.2 Å². The van der Waals surface area contributed by atoms with Gasteiger partial charge in [0.1, 0.15) is 0 Å². The zero-order valence-electron chi connectivity index (χ0n) is 20.5. The molecule has 0 bridgehead atoms. The molecule has 5 aromatic carbocycles. The number of para-hydroxylation sites is 2. The first kappa shape index (κ1) is 20.9. The largest absolute Gasteiger partial charge is 0.309 e. The van der Waals surface area contributed by atoms with Crippen molar-refractivity contribution in [2.45, 2.75) is 0 Å². The molecule has 0 radical (unpaired) electrons. The Bertz CT molecular complexity index is 2110. The molecule has 0 saturated heterocycles. The lowest BCUT2D eigenvalue weighted by Gasteiger charge is -2.08. The second-order valence-electron chi connectivity index (χ2n) is 9.53. The van der Waals surface area contributed by atoms with E-state index in [9.17, 15) is 0 Å². The maximum absolute atomic E-state index is 4.70. The van der Waals surface area contributed by atoms with E-state index in [0.29, 0.717) is 5.95 Å². The number of hydrogen-bond acceptors (Lipinski definition) is 2. The maximum Gasteiger partial charge on any atom is 0.234 e. The smallest absolute Gasteiger partial charge is 0.234 e. The lowest BCUT2D eigenvalue weighted by molar-refractivity contribution is 0.991. The van der Waals surface area contributed by atoms with Crippen molar-refractivity contribution >= 4 is 43.6 Å². The fourth-order valence-corrected chi connectivity index (χ4v) is 5.84. The molecule has 4 nitrogen and oxygen atoms in total. The third-order valence-electron chi connectivity index (χ3n) is 7.44. The molecule has 8 aromatic rings. The molecule has 0 amide bonds. The van der Waals surface area contributed by atoms with Gasteiger partial charge in [0.25, 0.3) is 0 Å². The standard InChI is InChI=1S/C34H22N4/c1-3-10-23(11-4-1)24-16-18-30-28(22-24)26-17-19-31-32(33(26)38(30)34-35-20-9-21-36-34)27-14-7-8-15-29(27)37(31)25-12-5-2-6-13-25/h1-22H. The van der Waals surface area contributed by atoms with Gasteiger partial charge < -0.3 is 4.57 Å². The molecule has 0 spiro atoms. The number of rotatable bonds is 3. The van der Waals surface area contributed by atoms with E-state index < -0.39 is 0 Å². The van der Waals surface area contributed by atoms with E-state index >= 15 is 0 Å². The third kappa shape index (κ3) is 2.98. The Morgan fingerprint density at radius 2 is 1.13 bits per heavy atom. The second-order valence-corrected chi connectivity index (χ2v) is 9.53. The molecule has 0 aliphatic rings. The Kier molecular flexibility index (Phi) is 4.49. The van der Waals surface area contributed by atoms with Crippen LogP contribution < -0.4 is 0 Å².